The van der Waals surface area contributed by atoms with Crippen LogP contribution in [0.2, 0.25) is 10.0 Å². The molecule has 0 radical (unpaired) electrons. The number of amides is 1. The molecule has 1 atom stereocenters. The van der Waals surface area contributed by atoms with E-state index < -0.39 is 23.8 Å². The van der Waals surface area contributed by atoms with Gasteiger partial charge in [0.2, 0.25) is 0 Å². The highest BCUT2D eigenvalue weighted by Crippen LogP contribution is 2.23. The Bertz CT molecular complexity index is 752. The number of nitrogens with one attached hydrogen (secondary N) is 1. The van der Waals surface area contributed by atoms with E-state index in [2.05, 4.69) is 5.32 Å². The molecule has 0 heterocycles. The number of carbonyl (C=O) groups excluding carboxylic acids is 2. The second-order valence-electron chi connectivity index (χ2n) is 4.65. The summed E-state index contributed by atoms with van der Waals surface area (Å²) in [6, 6.07) is 9.91. The number of hydrogen-bond donors (Lipinski definition) is 1. The number of hydrogen-bond acceptors (Lipinski definition) is 3. The van der Waals surface area contributed by atoms with Gasteiger partial charge in [-0.25, -0.2) is 9.18 Å². The number of ether oxygens (including phenoxy) is 1. The highest BCUT2D eigenvalue weighted by molar-refractivity contribution is 6.42. The molecule has 0 spiro atoms. The zero-order valence-corrected chi connectivity index (χ0v) is 13.5. The summed E-state index contributed by atoms with van der Waals surface area (Å²) in [6.07, 6.45) is -1.11. The van der Waals surface area contributed by atoms with Crippen LogP contribution in [0.3, 0.4) is 0 Å². The molecule has 0 bridgehead atoms. The van der Waals surface area contributed by atoms with Crippen LogP contribution in [0.4, 0.5) is 10.1 Å². The summed E-state index contributed by atoms with van der Waals surface area (Å²) >= 11 is 11.6. The standard InChI is InChI=1S/C16H12Cl2FNO3/c1-9(15(21)20-14-5-3-2-4-13(14)19)23-16(22)10-6-7-11(17)12(18)8-10/h2-9H,1H3,(H,20,21)/t9-/m1/s1. The second-order valence-corrected chi connectivity index (χ2v) is 5.46. The molecule has 0 unspecified atom stereocenters. The van der Waals surface area contributed by atoms with Gasteiger partial charge in [0.1, 0.15) is 5.82 Å². The topological polar surface area (TPSA) is 55.4 Å². The van der Waals surface area contributed by atoms with Gasteiger partial charge in [0.25, 0.3) is 5.91 Å². The van der Waals surface area contributed by atoms with Crippen molar-refractivity contribution in [3.05, 3.63) is 63.9 Å². The zero-order chi connectivity index (χ0) is 17.0. The molecule has 23 heavy (non-hydrogen) atoms. The molecule has 0 aliphatic carbocycles. The van der Waals surface area contributed by atoms with Crippen LogP contribution in [-0.2, 0) is 9.53 Å². The summed E-state index contributed by atoms with van der Waals surface area (Å²) in [5.41, 5.74) is 0.167. The average Bonchev–Trinajstić information content (AvgIpc) is 2.52. The molecule has 0 saturated heterocycles. The summed E-state index contributed by atoms with van der Waals surface area (Å²) in [5, 5.41) is 2.85. The SMILES string of the molecule is C[C@@H](OC(=O)c1ccc(Cl)c(Cl)c1)C(=O)Nc1ccccc1F. The lowest BCUT2D eigenvalue weighted by Gasteiger charge is -2.14. The second kappa shape index (κ2) is 7.44. The Hall–Kier alpha value is -2.11. The number of carbonyl (C=O) groups is 2. The molecule has 0 saturated carbocycles. The molecular formula is C16H12Cl2FNO3. The minimum absolute atomic E-state index is 0.00920. The van der Waals surface area contributed by atoms with E-state index >= 15 is 0 Å². The van der Waals surface area contributed by atoms with Gasteiger partial charge in [0.05, 0.1) is 21.3 Å². The van der Waals surface area contributed by atoms with Crippen molar-refractivity contribution in [1.29, 1.82) is 0 Å². The molecule has 120 valence electrons. The summed E-state index contributed by atoms with van der Waals surface area (Å²) in [6.45, 7) is 1.38. The van der Waals surface area contributed by atoms with Gasteiger partial charge < -0.3 is 10.1 Å². The Kier molecular flexibility index (Phi) is 5.58. The fourth-order valence-electron chi connectivity index (χ4n) is 1.70. The number of halogens is 3. The number of benzene rings is 2. The predicted octanol–water partition coefficient (Wildman–Crippen LogP) is 4.32. The molecule has 4 nitrogen and oxygen atoms in total. The van der Waals surface area contributed by atoms with Gasteiger partial charge in [-0.15, -0.1) is 0 Å². The van der Waals surface area contributed by atoms with Crippen molar-refractivity contribution in [3.8, 4) is 0 Å². The predicted molar refractivity (Wildman–Crippen MR) is 86.4 cm³/mol. The molecule has 0 aromatic heterocycles. The smallest absolute Gasteiger partial charge is 0.338 e. The van der Waals surface area contributed by atoms with Crippen molar-refractivity contribution in [3.63, 3.8) is 0 Å². The maximum atomic E-state index is 13.5. The molecular weight excluding hydrogens is 344 g/mol. The van der Waals surface area contributed by atoms with Gasteiger partial charge in [-0.3, -0.25) is 4.79 Å². The van der Waals surface area contributed by atoms with Gasteiger partial charge in [-0.2, -0.15) is 0 Å². The lowest BCUT2D eigenvalue weighted by Crippen LogP contribution is -2.30. The van der Waals surface area contributed by atoms with Gasteiger partial charge in [-0.05, 0) is 37.3 Å². The fourth-order valence-corrected chi connectivity index (χ4v) is 2.00. The number of para-hydroxylation sites is 1. The monoisotopic (exact) mass is 355 g/mol. The Morgan fingerprint density at radius 1 is 1.13 bits per heavy atom. The normalized spacial score (nSPS) is 11.7. The highest BCUT2D eigenvalue weighted by atomic mass is 35.5. The Morgan fingerprint density at radius 3 is 2.48 bits per heavy atom. The minimum Gasteiger partial charge on any atom is -0.449 e. The van der Waals surface area contributed by atoms with E-state index in [1.54, 1.807) is 6.07 Å². The van der Waals surface area contributed by atoms with E-state index in [1.165, 1.54) is 43.3 Å². The molecule has 0 fully saturated rings. The van der Waals surface area contributed by atoms with Crippen LogP contribution in [0.25, 0.3) is 0 Å². The maximum absolute atomic E-state index is 13.5. The van der Waals surface area contributed by atoms with E-state index in [0.717, 1.165) is 0 Å². The van der Waals surface area contributed by atoms with E-state index in [-0.39, 0.29) is 16.3 Å². The van der Waals surface area contributed by atoms with Crippen LogP contribution in [0, 0.1) is 5.82 Å². The first kappa shape index (κ1) is 17.2. The average molecular weight is 356 g/mol. The summed E-state index contributed by atoms with van der Waals surface area (Å²) < 4.78 is 18.5. The van der Waals surface area contributed by atoms with Gasteiger partial charge in [-0.1, -0.05) is 35.3 Å². The van der Waals surface area contributed by atoms with E-state index in [1.807, 2.05) is 0 Å². The lowest BCUT2D eigenvalue weighted by molar-refractivity contribution is -0.123. The molecule has 1 N–H and O–H groups in total. The van der Waals surface area contributed by atoms with Crippen LogP contribution in [0.15, 0.2) is 42.5 Å². The van der Waals surface area contributed by atoms with Crippen molar-refractivity contribution in [1.82, 2.24) is 0 Å². The molecule has 2 aromatic carbocycles. The molecule has 0 aliphatic heterocycles. The minimum atomic E-state index is -1.11. The van der Waals surface area contributed by atoms with Gasteiger partial charge in [0, 0.05) is 0 Å². The third-order valence-corrected chi connectivity index (χ3v) is 3.68. The first-order chi connectivity index (χ1) is 10.9. The first-order valence-electron chi connectivity index (χ1n) is 6.60. The highest BCUT2D eigenvalue weighted by Gasteiger charge is 2.20. The van der Waals surface area contributed by atoms with E-state index in [9.17, 15) is 14.0 Å². The Labute approximate surface area is 142 Å². The lowest BCUT2D eigenvalue weighted by atomic mass is 10.2. The molecule has 2 rings (SSSR count). The van der Waals surface area contributed by atoms with Crippen molar-refractivity contribution in [2.24, 2.45) is 0 Å². The van der Waals surface area contributed by atoms with Crippen molar-refractivity contribution < 1.29 is 18.7 Å². The van der Waals surface area contributed by atoms with Crippen LogP contribution < -0.4 is 5.32 Å². The van der Waals surface area contributed by atoms with Crippen LogP contribution in [-0.4, -0.2) is 18.0 Å². The summed E-state index contributed by atoms with van der Waals surface area (Å²) in [4.78, 5) is 23.9. The number of rotatable bonds is 4. The molecule has 2 aromatic rings. The van der Waals surface area contributed by atoms with Crippen LogP contribution in [0.5, 0.6) is 0 Å². The quantitative estimate of drug-likeness (QED) is 0.831. The number of anilines is 1. The first-order valence-corrected chi connectivity index (χ1v) is 7.35. The molecule has 7 heteroatoms. The van der Waals surface area contributed by atoms with Crippen molar-refractivity contribution in [2.75, 3.05) is 5.32 Å². The summed E-state index contributed by atoms with van der Waals surface area (Å²) in [7, 11) is 0. The van der Waals surface area contributed by atoms with Gasteiger partial charge >= 0.3 is 5.97 Å². The van der Waals surface area contributed by atoms with Crippen molar-refractivity contribution >= 4 is 40.8 Å². The molecule has 0 aliphatic rings. The summed E-state index contributed by atoms with van der Waals surface area (Å²) in [5.74, 6) is -1.97. The number of esters is 1. The largest absolute Gasteiger partial charge is 0.449 e. The Morgan fingerprint density at radius 2 is 1.83 bits per heavy atom. The molecule has 1 amide bonds. The van der Waals surface area contributed by atoms with Crippen molar-refractivity contribution in [2.45, 2.75) is 13.0 Å². The van der Waals surface area contributed by atoms with Crippen LogP contribution in [0.1, 0.15) is 17.3 Å². The Balaban J connectivity index is 2.01. The zero-order valence-electron chi connectivity index (χ0n) is 12.0. The van der Waals surface area contributed by atoms with Gasteiger partial charge in [0.15, 0.2) is 6.10 Å². The van der Waals surface area contributed by atoms with E-state index in [4.69, 9.17) is 27.9 Å². The van der Waals surface area contributed by atoms with Crippen LogP contribution >= 0.6 is 23.2 Å². The maximum Gasteiger partial charge on any atom is 0.338 e. The van der Waals surface area contributed by atoms with E-state index in [0.29, 0.717) is 5.02 Å². The third-order valence-electron chi connectivity index (χ3n) is 2.94. The third kappa shape index (κ3) is 4.43. The fraction of sp³-hybridized carbons (Fsp3) is 0.125.